The Balaban J connectivity index is 2.59. The van der Waals surface area contributed by atoms with Crippen LogP contribution < -0.4 is 20.7 Å². The van der Waals surface area contributed by atoms with E-state index in [1.807, 2.05) is 20.8 Å². The van der Waals surface area contributed by atoms with E-state index >= 15 is 0 Å². The summed E-state index contributed by atoms with van der Waals surface area (Å²) in [5.74, 6) is -0.361. The van der Waals surface area contributed by atoms with Gasteiger partial charge in [-0.25, -0.2) is 13.6 Å². The maximum atomic E-state index is 12.1. The summed E-state index contributed by atoms with van der Waals surface area (Å²) in [6, 6.07) is 5.64. The van der Waals surface area contributed by atoms with Crippen LogP contribution in [0.3, 0.4) is 0 Å². The van der Waals surface area contributed by atoms with Crippen LogP contribution >= 0.6 is 0 Å². The molecule has 0 bridgehead atoms. The first-order chi connectivity index (χ1) is 11.1. The Kier molecular flexibility index (Phi) is 7.33. The molecular weight excluding hydrogens is 332 g/mol. The number of primary sulfonamides is 1. The van der Waals surface area contributed by atoms with Gasteiger partial charge in [0.25, 0.3) is 11.8 Å². The van der Waals surface area contributed by atoms with Crippen LogP contribution in [-0.2, 0) is 19.6 Å². The zero-order valence-corrected chi connectivity index (χ0v) is 14.9. The van der Waals surface area contributed by atoms with Crippen molar-refractivity contribution in [3.8, 4) is 0 Å². The number of nitrogens with two attached hydrogens (primary N) is 1. The van der Waals surface area contributed by atoms with Gasteiger partial charge in [-0.15, -0.1) is 0 Å². The highest BCUT2D eigenvalue weighted by molar-refractivity contribution is 7.89. The van der Waals surface area contributed by atoms with E-state index in [1.165, 1.54) is 24.3 Å². The molecule has 0 saturated carbocycles. The van der Waals surface area contributed by atoms with Crippen molar-refractivity contribution < 1.29 is 22.9 Å². The second kappa shape index (κ2) is 8.76. The highest BCUT2D eigenvalue weighted by Crippen LogP contribution is 2.12. The summed E-state index contributed by atoms with van der Waals surface area (Å²) in [6.07, 6.45) is 0. The number of nitrogens with one attached hydrogen (secondary N) is 3. The zero-order chi connectivity index (χ0) is 18.3. The smallest absolute Gasteiger partial charge is 0.279 e. The van der Waals surface area contributed by atoms with E-state index in [2.05, 4.69) is 10.6 Å². The molecule has 5 N–H and O–H groups in total. The number of carbonyl (C=O) groups excluding carboxylic acids is 2. The average Bonchev–Trinajstić information content (AvgIpc) is 2.45. The highest BCUT2D eigenvalue weighted by Gasteiger charge is 2.17. The van der Waals surface area contributed by atoms with Gasteiger partial charge in [0, 0.05) is 11.7 Å². The highest BCUT2D eigenvalue weighted by atomic mass is 32.2. The van der Waals surface area contributed by atoms with E-state index in [0.29, 0.717) is 12.2 Å². The molecule has 0 aliphatic carbocycles. The normalized spacial score (nSPS) is 12.7. The molecule has 1 atom stereocenters. The lowest BCUT2D eigenvalue weighted by atomic mass is 10.3. The fourth-order valence-corrected chi connectivity index (χ4v) is 2.59. The molecule has 1 rings (SSSR count). The van der Waals surface area contributed by atoms with E-state index in [4.69, 9.17) is 5.14 Å². The Morgan fingerprint density at radius 3 is 2.12 bits per heavy atom. The number of sulfonamides is 1. The number of benzene rings is 1. The number of rotatable bonds is 8. The van der Waals surface area contributed by atoms with Crippen LogP contribution in [-0.4, -0.2) is 45.9 Å². The first-order valence-corrected chi connectivity index (χ1v) is 9.22. The quantitative estimate of drug-likeness (QED) is 0.462. The lowest BCUT2D eigenvalue weighted by Gasteiger charge is -2.17. The number of likely N-dealkylation sites (N-methyl/N-ethyl adjacent to an activating group) is 1. The second-order valence-corrected chi connectivity index (χ2v) is 7.36. The molecule has 2 amide bonds. The second-order valence-electron chi connectivity index (χ2n) is 5.80. The molecular formula is C15H25N4O4S+. The van der Waals surface area contributed by atoms with Crippen LogP contribution in [0.25, 0.3) is 0 Å². The van der Waals surface area contributed by atoms with Gasteiger partial charge >= 0.3 is 0 Å². The number of carbonyl (C=O) groups is 2. The van der Waals surface area contributed by atoms with Crippen LogP contribution in [0.2, 0.25) is 0 Å². The minimum Gasteiger partial charge on any atom is -0.349 e. The van der Waals surface area contributed by atoms with E-state index < -0.39 is 10.0 Å². The van der Waals surface area contributed by atoms with Gasteiger partial charge in [0.05, 0.1) is 11.4 Å². The van der Waals surface area contributed by atoms with Gasteiger partial charge in [-0.1, -0.05) is 0 Å². The molecule has 0 fully saturated rings. The minimum atomic E-state index is -3.76. The summed E-state index contributed by atoms with van der Waals surface area (Å²) in [7, 11) is -3.76. The molecule has 1 aromatic rings. The Bertz CT molecular complexity index is 671. The maximum Gasteiger partial charge on any atom is 0.279 e. The zero-order valence-electron chi connectivity index (χ0n) is 14.1. The van der Waals surface area contributed by atoms with E-state index in [0.717, 1.165) is 4.90 Å². The van der Waals surface area contributed by atoms with Crippen molar-refractivity contribution in [1.29, 1.82) is 0 Å². The monoisotopic (exact) mass is 357 g/mol. The minimum absolute atomic E-state index is 0.0216. The van der Waals surface area contributed by atoms with Gasteiger partial charge in [-0.05, 0) is 45.0 Å². The molecule has 1 unspecified atom stereocenters. The van der Waals surface area contributed by atoms with E-state index in [1.54, 1.807) is 0 Å². The van der Waals surface area contributed by atoms with Gasteiger partial charge < -0.3 is 15.5 Å². The fourth-order valence-electron chi connectivity index (χ4n) is 2.07. The number of hydrogen-bond acceptors (Lipinski definition) is 4. The van der Waals surface area contributed by atoms with Gasteiger partial charge in [0.15, 0.2) is 13.1 Å². The molecule has 0 saturated heterocycles. The third-order valence-electron chi connectivity index (χ3n) is 3.24. The average molecular weight is 357 g/mol. The van der Waals surface area contributed by atoms with Crippen LogP contribution in [0.15, 0.2) is 29.2 Å². The van der Waals surface area contributed by atoms with E-state index in [9.17, 15) is 18.0 Å². The van der Waals surface area contributed by atoms with Crippen molar-refractivity contribution in [3.05, 3.63) is 24.3 Å². The lowest BCUT2D eigenvalue weighted by Crippen LogP contribution is -3.14. The number of amides is 2. The fraction of sp³-hybridized carbons (Fsp3) is 0.467. The van der Waals surface area contributed by atoms with Crippen molar-refractivity contribution in [3.63, 3.8) is 0 Å². The van der Waals surface area contributed by atoms with Crippen molar-refractivity contribution in [2.24, 2.45) is 5.14 Å². The molecule has 0 heterocycles. The molecule has 0 aliphatic rings. The van der Waals surface area contributed by atoms with Gasteiger partial charge in [0.2, 0.25) is 10.0 Å². The Hall–Kier alpha value is -1.97. The van der Waals surface area contributed by atoms with Gasteiger partial charge in [-0.2, -0.15) is 0 Å². The molecule has 0 aromatic heterocycles. The molecule has 24 heavy (non-hydrogen) atoms. The lowest BCUT2D eigenvalue weighted by molar-refractivity contribution is -0.881. The molecule has 0 radical (unpaired) electrons. The summed E-state index contributed by atoms with van der Waals surface area (Å²) in [4.78, 5) is 24.6. The SMILES string of the molecule is CC[NH+](CC(=O)Nc1ccc(S(N)(=O)=O)cc1)CC(=O)NC(C)C. The standard InChI is InChI=1S/C15H24N4O4S/c1-4-19(9-14(20)17-11(2)3)10-15(21)18-12-5-7-13(8-6-12)24(16,22)23/h5-8,11H,4,9-10H2,1-3H3,(H,17,20)(H,18,21)(H2,16,22,23)/p+1. The van der Waals surface area contributed by atoms with Gasteiger partial charge in [-0.3, -0.25) is 9.59 Å². The third-order valence-corrected chi connectivity index (χ3v) is 4.17. The van der Waals surface area contributed by atoms with Crippen LogP contribution in [0, 0.1) is 0 Å². The van der Waals surface area contributed by atoms with Crippen LogP contribution in [0.5, 0.6) is 0 Å². The summed E-state index contributed by atoms with van der Waals surface area (Å²) in [5.41, 5.74) is 0.467. The summed E-state index contributed by atoms with van der Waals surface area (Å²) < 4.78 is 22.4. The van der Waals surface area contributed by atoms with Crippen molar-refractivity contribution >= 4 is 27.5 Å². The predicted molar refractivity (Wildman–Crippen MR) is 91.0 cm³/mol. The number of quaternary nitrogens is 1. The number of anilines is 1. The number of hydrogen-bond donors (Lipinski definition) is 4. The largest absolute Gasteiger partial charge is 0.349 e. The summed E-state index contributed by atoms with van der Waals surface area (Å²) >= 11 is 0. The molecule has 134 valence electrons. The topological polar surface area (TPSA) is 123 Å². The van der Waals surface area contributed by atoms with Crippen molar-refractivity contribution in [1.82, 2.24) is 5.32 Å². The summed E-state index contributed by atoms with van der Waals surface area (Å²) in [6.45, 7) is 6.63. The summed E-state index contributed by atoms with van der Waals surface area (Å²) in [5, 5.41) is 10.5. The Morgan fingerprint density at radius 1 is 1.12 bits per heavy atom. The predicted octanol–water partition coefficient (Wildman–Crippen LogP) is -1.30. The first-order valence-electron chi connectivity index (χ1n) is 7.67. The van der Waals surface area contributed by atoms with Crippen molar-refractivity contribution in [2.45, 2.75) is 31.7 Å². The van der Waals surface area contributed by atoms with E-state index in [-0.39, 0.29) is 35.8 Å². The molecule has 9 heteroatoms. The molecule has 8 nitrogen and oxygen atoms in total. The van der Waals surface area contributed by atoms with Crippen LogP contribution in [0.4, 0.5) is 5.69 Å². The molecule has 0 spiro atoms. The molecule has 0 aliphatic heterocycles. The van der Waals surface area contributed by atoms with Crippen molar-refractivity contribution in [2.75, 3.05) is 25.0 Å². The molecule has 1 aromatic carbocycles. The Labute approximate surface area is 142 Å². The van der Waals surface area contributed by atoms with Crippen LogP contribution in [0.1, 0.15) is 20.8 Å². The van der Waals surface area contributed by atoms with Gasteiger partial charge in [0.1, 0.15) is 0 Å². The third kappa shape index (κ3) is 7.07. The first kappa shape index (κ1) is 20.1. The Morgan fingerprint density at radius 2 is 1.67 bits per heavy atom. The maximum absolute atomic E-state index is 12.1.